The summed E-state index contributed by atoms with van der Waals surface area (Å²) < 4.78 is 44.7. The molecule has 0 aliphatic rings. The van der Waals surface area contributed by atoms with Crippen LogP contribution in [0.2, 0.25) is 0 Å². The van der Waals surface area contributed by atoms with Gasteiger partial charge in [0, 0.05) is 11.4 Å². The number of halogens is 4. The van der Waals surface area contributed by atoms with Gasteiger partial charge in [0.05, 0.1) is 12.7 Å². The lowest BCUT2D eigenvalue weighted by atomic mass is 10.2. The van der Waals surface area contributed by atoms with Crippen LogP contribution < -0.4 is 9.47 Å². The van der Waals surface area contributed by atoms with Crippen LogP contribution in [0.4, 0.5) is 13.2 Å². The highest BCUT2D eigenvalue weighted by Crippen LogP contribution is 2.29. The quantitative estimate of drug-likeness (QED) is 0.633. The number of hydrogen-bond acceptors (Lipinski definition) is 4. The van der Waals surface area contributed by atoms with Crippen molar-refractivity contribution >= 4 is 22.2 Å². The lowest BCUT2D eigenvalue weighted by molar-refractivity contribution is -0.276. The average Bonchev–Trinajstić information content (AvgIpc) is 2.25. The van der Waals surface area contributed by atoms with Crippen LogP contribution in [0.15, 0.2) is 6.07 Å². The first-order valence-corrected chi connectivity index (χ1v) is 5.38. The normalized spacial score (nSPS) is 11.1. The second kappa shape index (κ2) is 5.35. The first-order valence-electron chi connectivity index (χ1n) is 4.26. The molecule has 1 rings (SSSR count). The largest absolute Gasteiger partial charge is 0.574 e. The zero-order chi connectivity index (χ0) is 13.1. The van der Waals surface area contributed by atoms with Gasteiger partial charge in [-0.2, -0.15) is 4.98 Å². The maximum atomic E-state index is 12.1. The van der Waals surface area contributed by atoms with Crippen molar-refractivity contribution in [2.24, 2.45) is 0 Å². The molecule has 0 amide bonds. The van der Waals surface area contributed by atoms with Gasteiger partial charge in [-0.15, -0.1) is 13.2 Å². The molecule has 0 atom stereocenters. The zero-order valence-corrected chi connectivity index (χ0v) is 10.1. The number of carbonyl (C=O) groups is 1. The molecular formula is C9H7BrF3NO3. The molecule has 0 saturated heterocycles. The predicted molar refractivity (Wildman–Crippen MR) is 55.5 cm³/mol. The van der Waals surface area contributed by atoms with Gasteiger partial charge in [-0.05, 0) is 5.56 Å². The molecule has 1 heterocycles. The van der Waals surface area contributed by atoms with E-state index < -0.39 is 12.2 Å². The molecule has 0 spiro atoms. The van der Waals surface area contributed by atoms with E-state index in [9.17, 15) is 18.0 Å². The number of aromatic nitrogens is 1. The molecule has 17 heavy (non-hydrogen) atoms. The van der Waals surface area contributed by atoms with Crippen molar-refractivity contribution in [3.63, 3.8) is 0 Å². The molecule has 0 bridgehead atoms. The number of pyridine rings is 1. The molecule has 8 heteroatoms. The molecule has 0 fully saturated rings. The maximum absolute atomic E-state index is 12.1. The van der Waals surface area contributed by atoms with Crippen molar-refractivity contribution < 1.29 is 27.4 Å². The Morgan fingerprint density at radius 3 is 2.59 bits per heavy atom. The molecule has 94 valence electrons. The summed E-state index contributed by atoms with van der Waals surface area (Å²) >= 11 is 3.05. The minimum atomic E-state index is -4.92. The lowest BCUT2D eigenvalue weighted by Gasteiger charge is -2.12. The van der Waals surface area contributed by atoms with Crippen LogP contribution in [0.3, 0.4) is 0 Å². The smallest absolute Gasteiger partial charge is 0.481 e. The second-order valence-corrected chi connectivity index (χ2v) is 3.40. The van der Waals surface area contributed by atoms with Gasteiger partial charge in [-0.3, -0.25) is 4.79 Å². The van der Waals surface area contributed by atoms with Gasteiger partial charge in [0.15, 0.2) is 6.29 Å². The van der Waals surface area contributed by atoms with Crippen molar-refractivity contribution in [3.05, 3.63) is 17.2 Å². The van der Waals surface area contributed by atoms with Gasteiger partial charge >= 0.3 is 6.36 Å². The van der Waals surface area contributed by atoms with Crippen molar-refractivity contribution in [1.29, 1.82) is 0 Å². The van der Waals surface area contributed by atoms with Gasteiger partial charge in [0.1, 0.15) is 0 Å². The second-order valence-electron chi connectivity index (χ2n) is 2.84. The van der Waals surface area contributed by atoms with Crippen molar-refractivity contribution in [3.8, 4) is 11.8 Å². The first-order chi connectivity index (χ1) is 7.91. The predicted octanol–water partition coefficient (Wildman–Crippen LogP) is 2.70. The van der Waals surface area contributed by atoms with Crippen LogP contribution in [0.5, 0.6) is 11.8 Å². The highest BCUT2D eigenvalue weighted by atomic mass is 79.9. The van der Waals surface area contributed by atoms with E-state index in [0.717, 1.165) is 0 Å². The highest BCUT2D eigenvalue weighted by molar-refractivity contribution is 9.08. The van der Waals surface area contributed by atoms with E-state index in [-0.39, 0.29) is 23.1 Å². The Morgan fingerprint density at radius 2 is 2.18 bits per heavy atom. The van der Waals surface area contributed by atoms with E-state index in [1.54, 1.807) is 0 Å². The van der Waals surface area contributed by atoms with Gasteiger partial charge < -0.3 is 9.47 Å². The fourth-order valence-electron chi connectivity index (χ4n) is 1.09. The molecule has 4 nitrogen and oxygen atoms in total. The van der Waals surface area contributed by atoms with Crippen LogP contribution in [0.1, 0.15) is 15.9 Å². The molecule has 0 aromatic carbocycles. The van der Waals surface area contributed by atoms with E-state index in [0.29, 0.717) is 5.56 Å². The molecule has 0 N–H and O–H groups in total. The summed E-state index contributed by atoms with van der Waals surface area (Å²) in [5, 5.41) is 0.175. The van der Waals surface area contributed by atoms with Gasteiger partial charge in [-0.25, -0.2) is 0 Å². The van der Waals surface area contributed by atoms with E-state index >= 15 is 0 Å². The Balaban J connectivity index is 3.29. The summed E-state index contributed by atoms with van der Waals surface area (Å²) in [6.07, 6.45) is -4.66. The summed E-state index contributed by atoms with van der Waals surface area (Å²) in [5.74, 6) is -0.884. The number of hydrogen-bond donors (Lipinski definition) is 0. The minimum absolute atomic E-state index is 0.0655. The number of nitrogens with zero attached hydrogens (tertiary/aromatic N) is 1. The van der Waals surface area contributed by atoms with Crippen molar-refractivity contribution in [1.82, 2.24) is 4.98 Å². The molecule has 1 aromatic heterocycles. The van der Waals surface area contributed by atoms with Crippen LogP contribution in [0.25, 0.3) is 0 Å². The van der Waals surface area contributed by atoms with E-state index in [1.807, 2.05) is 0 Å². The van der Waals surface area contributed by atoms with Gasteiger partial charge in [0.2, 0.25) is 11.8 Å². The zero-order valence-electron chi connectivity index (χ0n) is 8.55. The number of rotatable bonds is 4. The Bertz CT molecular complexity index is 423. The Kier molecular flexibility index (Phi) is 4.33. The monoisotopic (exact) mass is 313 g/mol. The standard InChI is InChI=1S/C9H7BrF3NO3/c1-16-7-2-5(3-10)6(4-15)8(14-7)17-9(11,12)13/h2,4H,3H2,1H3. The van der Waals surface area contributed by atoms with Crippen molar-refractivity contribution in [2.75, 3.05) is 7.11 Å². The Hall–Kier alpha value is -1.31. The Labute approximate surface area is 103 Å². The van der Waals surface area contributed by atoms with Crippen LogP contribution in [-0.2, 0) is 5.33 Å². The first kappa shape index (κ1) is 13.8. The third kappa shape index (κ3) is 3.58. The number of aldehydes is 1. The fraction of sp³-hybridized carbons (Fsp3) is 0.333. The third-order valence-corrected chi connectivity index (χ3v) is 2.37. The molecule has 0 saturated carbocycles. The summed E-state index contributed by atoms with van der Waals surface area (Å²) in [5.41, 5.74) is 0.0334. The molecule has 1 aromatic rings. The third-order valence-electron chi connectivity index (χ3n) is 1.77. The number of methoxy groups -OCH3 is 1. The van der Waals surface area contributed by atoms with Crippen molar-refractivity contribution in [2.45, 2.75) is 11.7 Å². The van der Waals surface area contributed by atoms with E-state index in [1.165, 1.54) is 13.2 Å². The molecule has 0 aliphatic heterocycles. The van der Waals surface area contributed by atoms with Crippen LogP contribution in [-0.4, -0.2) is 24.7 Å². The van der Waals surface area contributed by atoms with Crippen LogP contribution >= 0.6 is 15.9 Å². The number of carbonyl (C=O) groups excluding carboxylic acids is 1. The highest BCUT2D eigenvalue weighted by Gasteiger charge is 2.33. The Morgan fingerprint density at radius 1 is 1.53 bits per heavy atom. The molecule has 0 aliphatic carbocycles. The lowest BCUT2D eigenvalue weighted by Crippen LogP contribution is -2.19. The summed E-state index contributed by atoms with van der Waals surface area (Å²) in [7, 11) is 1.25. The maximum Gasteiger partial charge on any atom is 0.574 e. The average molecular weight is 314 g/mol. The van der Waals surface area contributed by atoms with E-state index in [4.69, 9.17) is 4.74 Å². The molecule has 0 radical (unpaired) electrons. The minimum Gasteiger partial charge on any atom is -0.481 e. The van der Waals surface area contributed by atoms with E-state index in [2.05, 4.69) is 25.7 Å². The summed E-state index contributed by atoms with van der Waals surface area (Å²) in [4.78, 5) is 14.2. The van der Waals surface area contributed by atoms with Crippen LogP contribution in [0, 0.1) is 0 Å². The molecular weight excluding hydrogens is 307 g/mol. The van der Waals surface area contributed by atoms with Gasteiger partial charge in [0.25, 0.3) is 0 Å². The molecule has 0 unspecified atom stereocenters. The summed E-state index contributed by atoms with van der Waals surface area (Å²) in [6.45, 7) is 0. The topological polar surface area (TPSA) is 48.4 Å². The number of alkyl halides is 4. The SMILES string of the molecule is COc1cc(CBr)c(C=O)c(OC(F)(F)F)n1. The fourth-order valence-corrected chi connectivity index (χ4v) is 1.55. The number of ether oxygens (including phenoxy) is 2. The summed E-state index contributed by atoms with van der Waals surface area (Å²) in [6, 6.07) is 1.35. The van der Waals surface area contributed by atoms with Gasteiger partial charge in [-0.1, -0.05) is 15.9 Å².